The van der Waals surface area contributed by atoms with E-state index in [1.165, 1.54) is 6.07 Å². The Hall–Kier alpha value is -1.09. The second-order valence-electron chi connectivity index (χ2n) is 2.93. The Morgan fingerprint density at radius 3 is 2.13 bits per heavy atom. The lowest BCUT2D eigenvalue weighted by atomic mass is 10.2. The number of aromatic hydroxyl groups is 1. The summed E-state index contributed by atoms with van der Waals surface area (Å²) in [5.41, 5.74) is 0.642. The predicted octanol–water partition coefficient (Wildman–Crippen LogP) is 2.93. The summed E-state index contributed by atoms with van der Waals surface area (Å²) in [6.07, 6.45) is 0. The Labute approximate surface area is 94.6 Å². The van der Waals surface area contributed by atoms with Gasteiger partial charge in [-0.2, -0.15) is 0 Å². The van der Waals surface area contributed by atoms with Gasteiger partial charge in [0.1, 0.15) is 5.75 Å². The topological polar surface area (TPSA) is 38.7 Å². The molecule has 84 valence electrons. The minimum Gasteiger partial charge on any atom is -0.507 e. The van der Waals surface area contributed by atoms with Crippen LogP contribution in [-0.2, 0) is 5.88 Å². The van der Waals surface area contributed by atoms with Crippen molar-refractivity contribution >= 4 is 11.6 Å². The highest BCUT2D eigenvalue weighted by molar-refractivity contribution is 6.17. The Bertz CT molecular complexity index is 326. The molecule has 0 spiro atoms. The van der Waals surface area contributed by atoms with Crippen LogP contribution >= 0.6 is 11.6 Å². The molecule has 1 aromatic rings. The van der Waals surface area contributed by atoms with Crippen molar-refractivity contribution < 1.29 is 14.6 Å². The van der Waals surface area contributed by atoms with E-state index in [1.54, 1.807) is 6.07 Å². The van der Waals surface area contributed by atoms with Crippen molar-refractivity contribution in [2.45, 2.75) is 19.7 Å². The Morgan fingerprint density at radius 1 is 1.13 bits per heavy atom. The van der Waals surface area contributed by atoms with E-state index in [1.807, 2.05) is 13.8 Å². The van der Waals surface area contributed by atoms with E-state index in [-0.39, 0.29) is 11.6 Å². The van der Waals surface area contributed by atoms with E-state index < -0.39 is 0 Å². The van der Waals surface area contributed by atoms with Crippen molar-refractivity contribution in [3.63, 3.8) is 0 Å². The summed E-state index contributed by atoms with van der Waals surface area (Å²) in [6, 6.07) is 3.24. The molecule has 0 aliphatic heterocycles. The van der Waals surface area contributed by atoms with Gasteiger partial charge in [-0.25, -0.2) is 0 Å². The number of hydrogen-bond acceptors (Lipinski definition) is 3. The van der Waals surface area contributed by atoms with Crippen molar-refractivity contribution in [1.29, 1.82) is 0 Å². The second kappa shape index (κ2) is 5.71. The van der Waals surface area contributed by atoms with Crippen LogP contribution in [0.2, 0.25) is 0 Å². The average molecular weight is 231 g/mol. The molecule has 0 saturated carbocycles. The highest BCUT2D eigenvalue weighted by Crippen LogP contribution is 2.35. The number of phenolic OH excluding ortho intramolecular Hbond substituents is 1. The molecule has 0 unspecified atom stereocenters. The molecule has 3 nitrogen and oxygen atoms in total. The lowest BCUT2D eigenvalue weighted by Crippen LogP contribution is -1.99. The minimum atomic E-state index is 0.136. The molecule has 0 aromatic heterocycles. The third-order valence-electron chi connectivity index (χ3n) is 1.89. The third kappa shape index (κ3) is 2.93. The summed E-state index contributed by atoms with van der Waals surface area (Å²) < 4.78 is 10.7. The smallest absolute Gasteiger partial charge is 0.164 e. The molecular weight excluding hydrogens is 216 g/mol. The van der Waals surface area contributed by atoms with Gasteiger partial charge in [-0.3, -0.25) is 0 Å². The van der Waals surface area contributed by atoms with Crippen LogP contribution in [-0.4, -0.2) is 18.3 Å². The van der Waals surface area contributed by atoms with Gasteiger partial charge in [-0.1, -0.05) is 0 Å². The minimum absolute atomic E-state index is 0.136. The van der Waals surface area contributed by atoms with Crippen LogP contribution in [0.3, 0.4) is 0 Å². The number of halogens is 1. The van der Waals surface area contributed by atoms with E-state index in [0.717, 1.165) is 0 Å². The molecular formula is C11H15ClO3. The van der Waals surface area contributed by atoms with Crippen LogP contribution in [0.5, 0.6) is 17.2 Å². The highest BCUT2D eigenvalue weighted by atomic mass is 35.5. The monoisotopic (exact) mass is 230 g/mol. The summed E-state index contributed by atoms with van der Waals surface area (Å²) in [4.78, 5) is 0. The van der Waals surface area contributed by atoms with E-state index in [2.05, 4.69) is 0 Å². The Kier molecular flexibility index (Phi) is 4.56. The molecule has 1 aromatic carbocycles. The van der Waals surface area contributed by atoms with Crippen LogP contribution in [0, 0.1) is 0 Å². The molecule has 0 radical (unpaired) electrons. The highest BCUT2D eigenvalue weighted by Gasteiger charge is 2.10. The van der Waals surface area contributed by atoms with E-state index in [9.17, 15) is 5.11 Å². The van der Waals surface area contributed by atoms with Crippen molar-refractivity contribution in [3.8, 4) is 17.2 Å². The molecule has 0 aliphatic carbocycles. The maximum atomic E-state index is 9.59. The van der Waals surface area contributed by atoms with Crippen LogP contribution in [0.25, 0.3) is 0 Å². The second-order valence-corrected chi connectivity index (χ2v) is 3.19. The van der Waals surface area contributed by atoms with Gasteiger partial charge in [0.25, 0.3) is 0 Å². The first-order valence-electron chi connectivity index (χ1n) is 4.90. The lowest BCUT2D eigenvalue weighted by molar-refractivity contribution is 0.285. The van der Waals surface area contributed by atoms with Crippen LogP contribution < -0.4 is 9.47 Å². The zero-order valence-corrected chi connectivity index (χ0v) is 9.67. The standard InChI is InChI=1S/C11H15ClO3/c1-3-14-10-5-8(7-12)9(13)6-11(10)15-4-2/h5-6,13H,3-4,7H2,1-2H3. The van der Waals surface area contributed by atoms with Gasteiger partial charge in [0.2, 0.25) is 0 Å². The van der Waals surface area contributed by atoms with Gasteiger partial charge in [-0.05, 0) is 19.9 Å². The normalized spacial score (nSPS) is 10.1. The zero-order valence-electron chi connectivity index (χ0n) is 8.92. The number of ether oxygens (including phenoxy) is 2. The SMILES string of the molecule is CCOc1cc(O)c(CCl)cc1OCC. The zero-order chi connectivity index (χ0) is 11.3. The van der Waals surface area contributed by atoms with Crippen molar-refractivity contribution in [1.82, 2.24) is 0 Å². The van der Waals surface area contributed by atoms with Crippen LogP contribution in [0.15, 0.2) is 12.1 Å². The number of benzene rings is 1. The van der Waals surface area contributed by atoms with Crippen molar-refractivity contribution in [3.05, 3.63) is 17.7 Å². The van der Waals surface area contributed by atoms with Gasteiger partial charge in [-0.15, -0.1) is 11.6 Å². The van der Waals surface area contributed by atoms with Crippen molar-refractivity contribution in [2.24, 2.45) is 0 Å². The fourth-order valence-corrected chi connectivity index (χ4v) is 1.45. The molecule has 1 rings (SSSR count). The van der Waals surface area contributed by atoms with Gasteiger partial charge in [0, 0.05) is 11.6 Å². The van der Waals surface area contributed by atoms with Gasteiger partial charge < -0.3 is 14.6 Å². The quantitative estimate of drug-likeness (QED) is 0.791. The largest absolute Gasteiger partial charge is 0.507 e. The number of phenols is 1. The lowest BCUT2D eigenvalue weighted by Gasteiger charge is -2.12. The fraction of sp³-hybridized carbons (Fsp3) is 0.455. The Morgan fingerprint density at radius 2 is 1.67 bits per heavy atom. The summed E-state index contributed by atoms with van der Waals surface area (Å²) in [7, 11) is 0. The first-order chi connectivity index (χ1) is 7.22. The van der Waals surface area contributed by atoms with Crippen LogP contribution in [0.1, 0.15) is 19.4 Å². The number of hydrogen-bond donors (Lipinski definition) is 1. The summed E-state index contributed by atoms with van der Waals surface area (Å²) >= 11 is 5.68. The molecule has 0 fully saturated rings. The summed E-state index contributed by atoms with van der Waals surface area (Å²) in [5, 5.41) is 9.59. The molecule has 0 aliphatic rings. The predicted molar refractivity (Wildman–Crippen MR) is 60.0 cm³/mol. The number of rotatable bonds is 5. The van der Waals surface area contributed by atoms with Crippen molar-refractivity contribution in [2.75, 3.05) is 13.2 Å². The maximum Gasteiger partial charge on any atom is 0.164 e. The Balaban J connectivity index is 3.07. The molecule has 0 heterocycles. The van der Waals surface area contributed by atoms with E-state index >= 15 is 0 Å². The van der Waals surface area contributed by atoms with E-state index in [0.29, 0.717) is 30.3 Å². The molecule has 0 bridgehead atoms. The average Bonchev–Trinajstić information content (AvgIpc) is 2.22. The van der Waals surface area contributed by atoms with Gasteiger partial charge >= 0.3 is 0 Å². The summed E-state index contributed by atoms with van der Waals surface area (Å²) in [6.45, 7) is 4.84. The molecule has 0 atom stereocenters. The molecule has 0 amide bonds. The van der Waals surface area contributed by atoms with Gasteiger partial charge in [0.15, 0.2) is 11.5 Å². The molecule has 15 heavy (non-hydrogen) atoms. The fourth-order valence-electron chi connectivity index (χ4n) is 1.23. The number of alkyl halides is 1. The molecule has 0 saturated heterocycles. The summed E-state index contributed by atoms with van der Waals surface area (Å²) in [5.74, 6) is 1.55. The maximum absolute atomic E-state index is 9.59. The van der Waals surface area contributed by atoms with Gasteiger partial charge in [0.05, 0.1) is 19.1 Å². The first-order valence-corrected chi connectivity index (χ1v) is 5.43. The molecule has 1 N–H and O–H groups in total. The first kappa shape index (κ1) is 12.0. The van der Waals surface area contributed by atoms with Crippen LogP contribution in [0.4, 0.5) is 0 Å². The third-order valence-corrected chi connectivity index (χ3v) is 2.18. The van der Waals surface area contributed by atoms with E-state index in [4.69, 9.17) is 21.1 Å². The molecule has 4 heteroatoms.